The van der Waals surface area contributed by atoms with E-state index in [4.69, 9.17) is 0 Å². The average molecular weight is 356 g/mol. The third-order valence-electron chi connectivity index (χ3n) is 5.11. The summed E-state index contributed by atoms with van der Waals surface area (Å²) in [6, 6.07) is 7.23. The number of rotatable bonds is 5. The minimum atomic E-state index is -0.629. The normalized spacial score (nSPS) is 16.5. The highest BCUT2D eigenvalue weighted by Gasteiger charge is 2.31. The van der Waals surface area contributed by atoms with Gasteiger partial charge in [-0.3, -0.25) is 9.36 Å². The second kappa shape index (κ2) is 7.68. The number of imidazole rings is 1. The number of benzene rings is 1. The van der Waals surface area contributed by atoms with Crippen LogP contribution in [0.15, 0.2) is 36.8 Å². The van der Waals surface area contributed by atoms with Gasteiger partial charge in [-0.2, -0.15) is 0 Å². The summed E-state index contributed by atoms with van der Waals surface area (Å²) in [4.78, 5) is 29.4. The van der Waals surface area contributed by atoms with Gasteiger partial charge in [0, 0.05) is 13.1 Å². The van der Waals surface area contributed by atoms with E-state index in [0.29, 0.717) is 5.92 Å². The van der Waals surface area contributed by atoms with Crippen molar-refractivity contribution in [2.75, 3.05) is 13.1 Å². The molecule has 1 aliphatic heterocycles. The van der Waals surface area contributed by atoms with E-state index in [1.54, 1.807) is 4.57 Å². The molecule has 0 bridgehead atoms. The van der Waals surface area contributed by atoms with Gasteiger partial charge in [-0.15, -0.1) is 0 Å². The van der Waals surface area contributed by atoms with E-state index < -0.39 is 11.0 Å². The number of amides is 1. The molecule has 0 radical (unpaired) electrons. The first kappa shape index (κ1) is 18.1. The molecule has 0 saturated carbocycles. The third kappa shape index (κ3) is 3.76. The van der Waals surface area contributed by atoms with Gasteiger partial charge in [0.05, 0.1) is 0 Å². The highest BCUT2D eigenvalue weighted by Crippen LogP contribution is 2.26. The number of nitrogens with zero attached hydrogens (tertiary/aromatic N) is 4. The Bertz CT molecular complexity index is 776. The molecule has 1 aromatic heterocycles. The Morgan fingerprint density at radius 3 is 2.50 bits per heavy atom. The van der Waals surface area contributed by atoms with Crippen LogP contribution in [-0.4, -0.2) is 38.4 Å². The van der Waals surface area contributed by atoms with Crippen molar-refractivity contribution < 1.29 is 9.72 Å². The fourth-order valence-corrected chi connectivity index (χ4v) is 3.34. The van der Waals surface area contributed by atoms with Crippen molar-refractivity contribution in [3.8, 4) is 0 Å². The number of carbonyl (C=O) groups is 1. The summed E-state index contributed by atoms with van der Waals surface area (Å²) in [6.45, 7) is 5.72. The molecule has 1 unspecified atom stereocenters. The van der Waals surface area contributed by atoms with Gasteiger partial charge < -0.3 is 15.0 Å². The summed E-state index contributed by atoms with van der Waals surface area (Å²) < 4.78 is 1.56. The summed E-state index contributed by atoms with van der Waals surface area (Å²) in [5, 5.41) is 11.0. The SMILES string of the molecule is CCc1ccc(C(C(=O)N2CCC(C)CC2)n2cnc([N+](=O)[O-])c2)cc1. The predicted molar refractivity (Wildman–Crippen MR) is 97.8 cm³/mol. The van der Waals surface area contributed by atoms with E-state index in [-0.39, 0.29) is 11.7 Å². The van der Waals surface area contributed by atoms with Crippen LogP contribution in [0.5, 0.6) is 0 Å². The Morgan fingerprint density at radius 2 is 1.96 bits per heavy atom. The van der Waals surface area contributed by atoms with Crippen molar-refractivity contribution in [2.24, 2.45) is 5.92 Å². The van der Waals surface area contributed by atoms with Crippen molar-refractivity contribution in [2.45, 2.75) is 39.2 Å². The van der Waals surface area contributed by atoms with Gasteiger partial charge in [0.15, 0.2) is 0 Å². The molecule has 1 saturated heterocycles. The zero-order chi connectivity index (χ0) is 18.7. The van der Waals surface area contributed by atoms with E-state index in [1.165, 1.54) is 18.1 Å². The topological polar surface area (TPSA) is 81.3 Å². The van der Waals surface area contributed by atoms with E-state index in [2.05, 4.69) is 18.8 Å². The van der Waals surface area contributed by atoms with Crippen molar-refractivity contribution in [1.29, 1.82) is 0 Å². The van der Waals surface area contributed by atoms with Crippen LogP contribution in [0.1, 0.15) is 43.9 Å². The number of aryl methyl sites for hydroxylation is 1. The first-order valence-electron chi connectivity index (χ1n) is 9.05. The lowest BCUT2D eigenvalue weighted by atomic mass is 9.97. The summed E-state index contributed by atoms with van der Waals surface area (Å²) in [5.74, 6) is 0.337. The molecule has 1 aliphatic rings. The smallest absolute Gasteiger partial charge is 0.358 e. The number of aromatic nitrogens is 2. The minimum Gasteiger partial charge on any atom is -0.358 e. The monoisotopic (exact) mass is 356 g/mol. The fourth-order valence-electron chi connectivity index (χ4n) is 3.34. The molecule has 2 heterocycles. The summed E-state index contributed by atoms with van der Waals surface area (Å²) in [5.41, 5.74) is 2.00. The first-order chi connectivity index (χ1) is 12.5. The van der Waals surface area contributed by atoms with Gasteiger partial charge in [-0.05, 0) is 46.2 Å². The van der Waals surface area contributed by atoms with Crippen LogP contribution in [0.25, 0.3) is 0 Å². The van der Waals surface area contributed by atoms with Gasteiger partial charge in [-0.25, -0.2) is 0 Å². The van der Waals surface area contributed by atoms with Crippen LogP contribution >= 0.6 is 0 Å². The van der Waals surface area contributed by atoms with Crippen LogP contribution in [0.3, 0.4) is 0 Å². The van der Waals surface area contributed by atoms with Crippen LogP contribution in [-0.2, 0) is 11.2 Å². The van der Waals surface area contributed by atoms with Crippen molar-refractivity contribution >= 4 is 11.7 Å². The first-order valence-corrected chi connectivity index (χ1v) is 9.05. The molecule has 26 heavy (non-hydrogen) atoms. The molecule has 2 aromatic rings. The second-order valence-corrected chi connectivity index (χ2v) is 6.94. The molecule has 0 N–H and O–H groups in total. The molecule has 1 amide bonds. The summed E-state index contributed by atoms with van der Waals surface area (Å²) in [6.07, 6.45) is 5.60. The second-order valence-electron chi connectivity index (χ2n) is 6.94. The van der Waals surface area contributed by atoms with Gasteiger partial charge in [0.1, 0.15) is 12.2 Å². The third-order valence-corrected chi connectivity index (χ3v) is 5.11. The Balaban J connectivity index is 1.94. The molecule has 0 spiro atoms. The maximum atomic E-state index is 13.2. The average Bonchev–Trinajstić information content (AvgIpc) is 3.13. The molecule has 1 atom stereocenters. The van der Waals surface area contributed by atoms with Crippen LogP contribution in [0.4, 0.5) is 5.82 Å². The lowest BCUT2D eigenvalue weighted by Crippen LogP contribution is -2.42. The van der Waals surface area contributed by atoms with E-state index in [1.807, 2.05) is 29.2 Å². The number of nitro groups is 1. The van der Waals surface area contributed by atoms with Crippen LogP contribution in [0, 0.1) is 16.0 Å². The van der Waals surface area contributed by atoms with Gasteiger partial charge in [-0.1, -0.05) is 38.1 Å². The Hall–Kier alpha value is -2.70. The van der Waals surface area contributed by atoms with Gasteiger partial charge >= 0.3 is 5.82 Å². The summed E-state index contributed by atoms with van der Waals surface area (Å²) in [7, 11) is 0. The van der Waals surface area contributed by atoms with E-state index >= 15 is 0 Å². The predicted octanol–water partition coefficient (Wildman–Crippen LogP) is 3.20. The highest BCUT2D eigenvalue weighted by atomic mass is 16.6. The molecular formula is C19H24N4O3. The van der Waals surface area contributed by atoms with Gasteiger partial charge in [0.25, 0.3) is 0 Å². The van der Waals surface area contributed by atoms with Crippen LogP contribution in [0.2, 0.25) is 0 Å². The Labute approximate surface area is 152 Å². The zero-order valence-corrected chi connectivity index (χ0v) is 15.2. The number of hydrogen-bond donors (Lipinski definition) is 0. The number of hydrogen-bond acceptors (Lipinski definition) is 4. The van der Waals surface area contributed by atoms with Crippen molar-refractivity contribution in [1.82, 2.24) is 14.5 Å². The lowest BCUT2D eigenvalue weighted by molar-refractivity contribution is -0.389. The van der Waals surface area contributed by atoms with Crippen molar-refractivity contribution in [3.63, 3.8) is 0 Å². The molecule has 3 rings (SSSR count). The van der Waals surface area contributed by atoms with Crippen LogP contribution < -0.4 is 0 Å². The molecule has 1 fully saturated rings. The fraction of sp³-hybridized carbons (Fsp3) is 0.474. The number of carbonyl (C=O) groups excluding carboxylic acids is 1. The zero-order valence-electron chi connectivity index (χ0n) is 15.2. The molecule has 1 aromatic carbocycles. The maximum absolute atomic E-state index is 13.2. The standard InChI is InChI=1S/C19H24N4O3/c1-3-15-4-6-16(7-5-15)18(22-12-17(20-13-22)23(25)26)19(24)21-10-8-14(2)9-11-21/h4-7,12-14,18H,3,8-11H2,1-2H3. The highest BCUT2D eigenvalue weighted by molar-refractivity contribution is 5.84. The van der Waals surface area contributed by atoms with Gasteiger partial charge in [0.2, 0.25) is 12.2 Å². The minimum absolute atomic E-state index is 0.0338. The maximum Gasteiger partial charge on any atom is 0.381 e. The number of piperidine rings is 1. The summed E-state index contributed by atoms with van der Waals surface area (Å²) >= 11 is 0. The molecule has 0 aliphatic carbocycles. The van der Waals surface area contributed by atoms with E-state index in [0.717, 1.165) is 37.9 Å². The Morgan fingerprint density at radius 1 is 1.31 bits per heavy atom. The van der Waals surface area contributed by atoms with Crippen molar-refractivity contribution in [3.05, 3.63) is 58.0 Å². The Kier molecular flexibility index (Phi) is 5.35. The molecular weight excluding hydrogens is 332 g/mol. The molecule has 7 heteroatoms. The van der Waals surface area contributed by atoms with E-state index in [9.17, 15) is 14.9 Å². The lowest BCUT2D eigenvalue weighted by Gasteiger charge is -2.33. The largest absolute Gasteiger partial charge is 0.381 e. The molecule has 7 nitrogen and oxygen atoms in total. The quantitative estimate of drug-likeness (QED) is 0.608. The number of likely N-dealkylation sites (tertiary alicyclic amines) is 1. The molecule has 138 valence electrons.